The number of carbonyl (C=O) groups excluding carboxylic acids is 2. The fourth-order valence-corrected chi connectivity index (χ4v) is 6.30. The third kappa shape index (κ3) is 3.15. The number of benzene rings is 3. The third-order valence-corrected chi connectivity index (χ3v) is 8.03. The topological polar surface area (TPSA) is 80.1 Å². The van der Waals surface area contributed by atoms with Crippen LogP contribution in [0.2, 0.25) is 5.02 Å². The SMILES string of the molecule is O=C1c2oc3ccc(Cl)cc3c(=O)c2C2(C(=O)N(Cc3ccccc3)c3ccccc32)N1CC1CCCO1. The van der Waals surface area contributed by atoms with E-state index in [1.54, 1.807) is 17.0 Å². The molecule has 0 N–H and O–H groups in total. The minimum absolute atomic E-state index is 0.0447. The average Bonchev–Trinajstić information content (AvgIpc) is 3.60. The lowest BCUT2D eigenvalue weighted by Gasteiger charge is -2.35. The molecule has 2 amide bonds. The average molecular weight is 527 g/mol. The quantitative estimate of drug-likeness (QED) is 0.379. The predicted molar refractivity (Wildman–Crippen MR) is 142 cm³/mol. The van der Waals surface area contributed by atoms with Crippen molar-refractivity contribution >= 4 is 40.1 Å². The summed E-state index contributed by atoms with van der Waals surface area (Å²) < 4.78 is 12.0. The lowest BCUT2D eigenvalue weighted by atomic mass is 9.83. The van der Waals surface area contributed by atoms with E-state index in [4.69, 9.17) is 20.8 Å². The molecule has 4 aromatic rings. The highest BCUT2D eigenvalue weighted by molar-refractivity contribution is 6.31. The maximum Gasteiger partial charge on any atom is 0.291 e. The number of halogens is 1. The summed E-state index contributed by atoms with van der Waals surface area (Å²) in [6.07, 6.45) is 1.39. The van der Waals surface area contributed by atoms with E-state index in [-0.39, 0.29) is 40.8 Å². The summed E-state index contributed by atoms with van der Waals surface area (Å²) in [6, 6.07) is 21.7. The van der Waals surface area contributed by atoms with Crippen molar-refractivity contribution in [2.24, 2.45) is 0 Å². The van der Waals surface area contributed by atoms with Crippen molar-refractivity contribution in [2.45, 2.75) is 31.0 Å². The van der Waals surface area contributed by atoms with Crippen LogP contribution in [-0.2, 0) is 21.6 Å². The second-order valence-corrected chi connectivity index (χ2v) is 10.4. The Bertz CT molecular complexity index is 1680. The van der Waals surface area contributed by atoms with Crippen LogP contribution in [0.5, 0.6) is 0 Å². The standard InChI is InChI=1S/C30H23ClN2O5/c31-19-12-13-24-21(15-19)26(34)25-27(38-24)28(35)33(17-20-9-6-14-37-20)30(25)22-10-4-5-11-23(22)32(29(30)36)16-18-7-2-1-3-8-18/h1-5,7-8,10-13,15,20H,6,9,14,16-17H2. The number of fused-ring (bicyclic) bond motifs is 5. The van der Waals surface area contributed by atoms with Crippen LogP contribution in [0.25, 0.3) is 11.0 Å². The van der Waals surface area contributed by atoms with Gasteiger partial charge in [-0.2, -0.15) is 0 Å². The Kier molecular flexibility index (Phi) is 5.22. The summed E-state index contributed by atoms with van der Waals surface area (Å²) in [7, 11) is 0. The molecule has 8 heteroatoms. The molecule has 190 valence electrons. The first-order valence-corrected chi connectivity index (χ1v) is 13.0. The smallest absolute Gasteiger partial charge is 0.291 e. The monoisotopic (exact) mass is 526 g/mol. The molecular weight excluding hydrogens is 504 g/mol. The van der Waals surface area contributed by atoms with Crippen LogP contribution < -0.4 is 10.3 Å². The lowest BCUT2D eigenvalue weighted by molar-refractivity contribution is -0.126. The van der Waals surface area contributed by atoms with Crippen molar-refractivity contribution in [2.75, 3.05) is 18.1 Å². The molecular formula is C30H23ClN2O5. The zero-order chi connectivity index (χ0) is 26.0. The van der Waals surface area contributed by atoms with Gasteiger partial charge in [0.15, 0.2) is 11.0 Å². The Morgan fingerprint density at radius 3 is 2.55 bits per heavy atom. The van der Waals surface area contributed by atoms with Gasteiger partial charge in [0.2, 0.25) is 5.76 Å². The summed E-state index contributed by atoms with van der Waals surface area (Å²) in [5.41, 5.74) is 0.367. The highest BCUT2D eigenvalue weighted by Crippen LogP contribution is 2.53. The fraction of sp³-hybridized carbons (Fsp3) is 0.233. The fourth-order valence-electron chi connectivity index (χ4n) is 6.13. The third-order valence-electron chi connectivity index (χ3n) is 7.79. The van der Waals surface area contributed by atoms with Crippen LogP contribution in [0.3, 0.4) is 0 Å². The number of amides is 2. The van der Waals surface area contributed by atoms with Crippen molar-refractivity contribution in [3.05, 3.63) is 110 Å². The first kappa shape index (κ1) is 23.2. The lowest BCUT2D eigenvalue weighted by Crippen LogP contribution is -2.55. The zero-order valence-electron chi connectivity index (χ0n) is 20.4. The van der Waals surface area contributed by atoms with E-state index in [2.05, 4.69) is 0 Å². The molecule has 3 aromatic carbocycles. The summed E-state index contributed by atoms with van der Waals surface area (Å²) in [5, 5.41) is 0.595. The van der Waals surface area contributed by atoms with Gasteiger partial charge in [0, 0.05) is 23.7 Å². The first-order chi connectivity index (χ1) is 18.5. The number of rotatable bonds is 4. The zero-order valence-corrected chi connectivity index (χ0v) is 21.1. The molecule has 0 aliphatic carbocycles. The summed E-state index contributed by atoms with van der Waals surface area (Å²) in [4.78, 5) is 46.1. The van der Waals surface area contributed by atoms with Gasteiger partial charge in [-0.3, -0.25) is 14.4 Å². The highest BCUT2D eigenvalue weighted by Gasteiger charge is 2.65. The molecule has 7 nitrogen and oxygen atoms in total. The van der Waals surface area contributed by atoms with Crippen molar-refractivity contribution in [3.63, 3.8) is 0 Å². The van der Waals surface area contributed by atoms with Crippen LogP contribution in [0.1, 0.15) is 40.1 Å². The molecule has 1 aromatic heterocycles. The summed E-state index contributed by atoms with van der Waals surface area (Å²) in [6.45, 7) is 1.05. The maximum atomic E-state index is 14.7. The molecule has 2 atom stereocenters. The Hall–Kier alpha value is -3.94. The van der Waals surface area contributed by atoms with Gasteiger partial charge < -0.3 is 19.0 Å². The van der Waals surface area contributed by atoms with Gasteiger partial charge >= 0.3 is 0 Å². The van der Waals surface area contributed by atoms with E-state index in [0.29, 0.717) is 29.4 Å². The normalized spacial score (nSPS) is 22.1. The molecule has 3 aliphatic heterocycles. The van der Waals surface area contributed by atoms with Gasteiger partial charge in [-0.25, -0.2) is 0 Å². The number of nitrogens with zero attached hydrogens (tertiary/aromatic N) is 2. The molecule has 1 spiro atoms. The minimum atomic E-state index is -1.67. The van der Waals surface area contributed by atoms with Crippen LogP contribution in [0, 0.1) is 0 Å². The molecule has 0 bridgehead atoms. The van der Waals surface area contributed by atoms with Crippen molar-refractivity contribution in [3.8, 4) is 0 Å². The Morgan fingerprint density at radius 1 is 0.974 bits per heavy atom. The maximum absolute atomic E-state index is 14.7. The van der Waals surface area contributed by atoms with E-state index in [9.17, 15) is 14.4 Å². The van der Waals surface area contributed by atoms with Gasteiger partial charge in [0.1, 0.15) is 5.58 Å². The second kappa shape index (κ2) is 8.55. The summed E-state index contributed by atoms with van der Waals surface area (Å²) >= 11 is 6.24. The van der Waals surface area contributed by atoms with Gasteiger partial charge in [0.05, 0.1) is 29.3 Å². The van der Waals surface area contributed by atoms with Crippen LogP contribution in [0.15, 0.2) is 82.0 Å². The predicted octanol–water partition coefficient (Wildman–Crippen LogP) is 4.87. The van der Waals surface area contributed by atoms with Crippen molar-refractivity contribution in [1.82, 2.24) is 4.90 Å². The Morgan fingerprint density at radius 2 is 1.76 bits per heavy atom. The molecule has 7 rings (SSSR count). The van der Waals surface area contributed by atoms with Crippen LogP contribution in [0.4, 0.5) is 5.69 Å². The van der Waals surface area contributed by atoms with Gasteiger partial charge in [0.25, 0.3) is 11.8 Å². The number of anilines is 1. The van der Waals surface area contributed by atoms with Crippen molar-refractivity contribution in [1.29, 1.82) is 0 Å². The number of carbonyl (C=O) groups is 2. The number of para-hydroxylation sites is 1. The number of hydrogen-bond acceptors (Lipinski definition) is 5. The van der Waals surface area contributed by atoms with Crippen LogP contribution in [-0.4, -0.2) is 36.0 Å². The molecule has 0 saturated carbocycles. The molecule has 4 heterocycles. The molecule has 38 heavy (non-hydrogen) atoms. The van der Waals surface area contributed by atoms with Gasteiger partial charge in [-0.15, -0.1) is 0 Å². The minimum Gasteiger partial charge on any atom is -0.450 e. The number of hydrogen-bond donors (Lipinski definition) is 0. The van der Waals surface area contributed by atoms with E-state index < -0.39 is 16.9 Å². The van der Waals surface area contributed by atoms with Crippen molar-refractivity contribution < 1.29 is 18.7 Å². The molecule has 0 radical (unpaired) electrons. The van der Waals surface area contributed by atoms with Gasteiger partial charge in [-0.1, -0.05) is 60.1 Å². The Balaban J connectivity index is 1.51. The Labute approximate surface area is 223 Å². The number of ether oxygens (including phenoxy) is 1. The summed E-state index contributed by atoms with van der Waals surface area (Å²) in [5.74, 6) is -0.956. The van der Waals surface area contributed by atoms with E-state index in [1.807, 2.05) is 54.6 Å². The van der Waals surface area contributed by atoms with E-state index >= 15 is 0 Å². The van der Waals surface area contributed by atoms with Crippen LogP contribution >= 0.6 is 11.6 Å². The second-order valence-electron chi connectivity index (χ2n) is 9.93. The highest BCUT2D eigenvalue weighted by atomic mass is 35.5. The molecule has 2 unspecified atom stereocenters. The van der Waals surface area contributed by atoms with E-state index in [0.717, 1.165) is 18.4 Å². The van der Waals surface area contributed by atoms with Gasteiger partial charge in [-0.05, 0) is 42.7 Å². The van der Waals surface area contributed by atoms with E-state index in [1.165, 1.54) is 11.0 Å². The molecule has 1 fully saturated rings. The first-order valence-electron chi connectivity index (χ1n) is 12.7. The molecule has 1 saturated heterocycles. The molecule has 3 aliphatic rings. The largest absolute Gasteiger partial charge is 0.450 e.